The lowest BCUT2D eigenvalue weighted by atomic mass is 10.0. The molecule has 1 saturated heterocycles. The summed E-state index contributed by atoms with van der Waals surface area (Å²) < 4.78 is 5.35. The highest BCUT2D eigenvalue weighted by atomic mass is 16.5. The van der Waals surface area contributed by atoms with Crippen molar-refractivity contribution in [3.05, 3.63) is 59.7 Å². The first-order valence-corrected chi connectivity index (χ1v) is 8.47. The molecule has 1 fully saturated rings. The zero-order valence-electron chi connectivity index (χ0n) is 14.6. The van der Waals surface area contributed by atoms with Gasteiger partial charge in [0.05, 0.1) is 5.92 Å². The third kappa shape index (κ3) is 3.15. The summed E-state index contributed by atoms with van der Waals surface area (Å²) in [6.07, 6.45) is 3.39. The molecular formula is C19H19N5O2. The molecule has 2 amide bonds. The number of carbonyl (C=O) groups excluding carboxylic acids is 1. The largest absolute Gasteiger partial charge is 0.339 e. The number of amides is 2. The number of benzene rings is 1. The van der Waals surface area contributed by atoms with Gasteiger partial charge in [0.1, 0.15) is 0 Å². The number of aromatic nitrogens is 3. The van der Waals surface area contributed by atoms with Gasteiger partial charge in [-0.2, -0.15) is 4.98 Å². The first-order valence-electron chi connectivity index (χ1n) is 8.47. The van der Waals surface area contributed by atoms with Crippen molar-refractivity contribution in [3.8, 4) is 11.4 Å². The van der Waals surface area contributed by atoms with Crippen LogP contribution in [0, 0.1) is 13.8 Å². The van der Waals surface area contributed by atoms with Gasteiger partial charge in [0.25, 0.3) is 0 Å². The van der Waals surface area contributed by atoms with E-state index in [1.165, 1.54) is 5.56 Å². The number of likely N-dealkylation sites (tertiary alicyclic amines) is 1. The number of hydrogen-bond donors (Lipinski definition) is 1. The van der Waals surface area contributed by atoms with Gasteiger partial charge in [0, 0.05) is 36.7 Å². The summed E-state index contributed by atoms with van der Waals surface area (Å²) in [6.45, 7) is 5.20. The van der Waals surface area contributed by atoms with Gasteiger partial charge >= 0.3 is 6.03 Å². The van der Waals surface area contributed by atoms with Crippen molar-refractivity contribution >= 4 is 11.7 Å². The van der Waals surface area contributed by atoms with Crippen LogP contribution in [0.15, 0.2) is 47.2 Å². The second-order valence-electron chi connectivity index (χ2n) is 6.53. The number of anilines is 1. The van der Waals surface area contributed by atoms with Crippen LogP contribution in [-0.4, -0.2) is 39.1 Å². The lowest BCUT2D eigenvalue weighted by molar-refractivity contribution is 0.147. The normalized spacial score (nSPS) is 14.2. The number of nitrogens with zero attached hydrogens (tertiary/aromatic N) is 4. The molecule has 132 valence electrons. The zero-order chi connectivity index (χ0) is 18.1. The topological polar surface area (TPSA) is 84.2 Å². The van der Waals surface area contributed by atoms with Crippen molar-refractivity contribution < 1.29 is 9.32 Å². The van der Waals surface area contributed by atoms with E-state index in [1.807, 2.05) is 44.2 Å². The molecule has 0 bridgehead atoms. The fraction of sp³-hybridized carbons (Fsp3) is 0.263. The number of aryl methyl sites for hydroxylation is 2. The molecule has 1 aromatic carbocycles. The molecule has 0 saturated carbocycles. The second kappa shape index (κ2) is 6.59. The maximum absolute atomic E-state index is 12.3. The van der Waals surface area contributed by atoms with Crippen LogP contribution in [0.5, 0.6) is 0 Å². The Morgan fingerprint density at radius 3 is 2.81 bits per heavy atom. The highest BCUT2D eigenvalue weighted by molar-refractivity contribution is 5.90. The Morgan fingerprint density at radius 1 is 1.23 bits per heavy atom. The number of nitrogens with one attached hydrogen (secondary N) is 1. The summed E-state index contributed by atoms with van der Waals surface area (Å²) in [7, 11) is 0. The van der Waals surface area contributed by atoms with Crippen molar-refractivity contribution in [2.24, 2.45) is 0 Å². The molecule has 0 radical (unpaired) electrons. The molecular weight excluding hydrogens is 330 g/mol. The van der Waals surface area contributed by atoms with Crippen LogP contribution in [0.3, 0.4) is 0 Å². The smallest absolute Gasteiger partial charge is 0.321 e. The SMILES string of the molecule is Cc1ccc(NC(=O)N2CC(c3nc(-c4cccnc4)no3)C2)cc1C. The molecule has 1 aliphatic rings. The van der Waals surface area contributed by atoms with Gasteiger partial charge in [0.15, 0.2) is 0 Å². The van der Waals surface area contributed by atoms with Gasteiger partial charge in [0.2, 0.25) is 11.7 Å². The van der Waals surface area contributed by atoms with Crippen molar-refractivity contribution in [2.45, 2.75) is 19.8 Å². The summed E-state index contributed by atoms with van der Waals surface area (Å²) in [4.78, 5) is 22.5. The molecule has 0 aliphatic carbocycles. The quantitative estimate of drug-likeness (QED) is 0.783. The van der Waals surface area contributed by atoms with E-state index >= 15 is 0 Å². The number of carbonyl (C=O) groups is 1. The van der Waals surface area contributed by atoms with E-state index in [0.717, 1.165) is 16.8 Å². The Bertz CT molecular complexity index is 932. The van der Waals surface area contributed by atoms with Crippen LogP contribution >= 0.6 is 0 Å². The summed E-state index contributed by atoms with van der Waals surface area (Å²) in [5.41, 5.74) is 3.97. The van der Waals surface area contributed by atoms with Gasteiger partial charge in [-0.15, -0.1) is 0 Å². The summed E-state index contributed by atoms with van der Waals surface area (Å²) >= 11 is 0. The Labute approximate surface area is 151 Å². The molecule has 26 heavy (non-hydrogen) atoms. The van der Waals surface area contributed by atoms with Crippen LogP contribution in [0.4, 0.5) is 10.5 Å². The van der Waals surface area contributed by atoms with Crippen molar-refractivity contribution in [3.63, 3.8) is 0 Å². The van der Waals surface area contributed by atoms with Crippen molar-refractivity contribution in [1.82, 2.24) is 20.0 Å². The zero-order valence-corrected chi connectivity index (χ0v) is 14.6. The van der Waals surface area contributed by atoms with E-state index in [2.05, 4.69) is 20.4 Å². The molecule has 0 spiro atoms. The minimum Gasteiger partial charge on any atom is -0.339 e. The Hall–Kier alpha value is -3.22. The molecule has 4 rings (SSSR count). The molecule has 3 heterocycles. The number of pyridine rings is 1. The molecule has 7 heteroatoms. The molecule has 0 unspecified atom stereocenters. The maximum atomic E-state index is 12.3. The number of urea groups is 1. The Balaban J connectivity index is 1.36. The van der Waals surface area contributed by atoms with E-state index in [1.54, 1.807) is 17.3 Å². The third-order valence-electron chi connectivity index (χ3n) is 4.64. The summed E-state index contributed by atoms with van der Waals surface area (Å²) in [5.74, 6) is 1.14. The van der Waals surface area contributed by atoms with Gasteiger partial charge < -0.3 is 14.7 Å². The summed E-state index contributed by atoms with van der Waals surface area (Å²) in [5, 5.41) is 6.93. The van der Waals surface area contributed by atoms with Crippen LogP contribution in [-0.2, 0) is 0 Å². The molecule has 1 aliphatic heterocycles. The van der Waals surface area contributed by atoms with Crippen LogP contribution in [0.2, 0.25) is 0 Å². The van der Waals surface area contributed by atoms with E-state index < -0.39 is 0 Å². The number of rotatable bonds is 3. The van der Waals surface area contributed by atoms with Crippen molar-refractivity contribution in [1.29, 1.82) is 0 Å². The standard InChI is InChI=1S/C19H19N5O2/c1-12-5-6-16(8-13(12)2)21-19(25)24-10-15(11-24)18-22-17(23-26-18)14-4-3-7-20-9-14/h3-9,15H,10-11H2,1-2H3,(H,21,25). The van der Waals surface area contributed by atoms with E-state index in [-0.39, 0.29) is 11.9 Å². The average molecular weight is 349 g/mol. The molecule has 7 nitrogen and oxygen atoms in total. The Morgan fingerprint density at radius 2 is 2.08 bits per heavy atom. The fourth-order valence-electron chi connectivity index (χ4n) is 2.84. The first kappa shape index (κ1) is 16.3. The predicted octanol–water partition coefficient (Wildman–Crippen LogP) is 3.38. The molecule has 1 N–H and O–H groups in total. The molecule has 2 aromatic heterocycles. The van der Waals surface area contributed by atoms with Gasteiger partial charge in [-0.1, -0.05) is 11.2 Å². The molecule has 0 atom stereocenters. The predicted molar refractivity (Wildman–Crippen MR) is 96.8 cm³/mol. The van der Waals surface area contributed by atoms with Gasteiger partial charge in [-0.05, 0) is 49.2 Å². The van der Waals surface area contributed by atoms with E-state index in [9.17, 15) is 4.79 Å². The van der Waals surface area contributed by atoms with Crippen LogP contribution in [0.1, 0.15) is 22.9 Å². The fourth-order valence-corrected chi connectivity index (χ4v) is 2.84. The lowest BCUT2D eigenvalue weighted by Gasteiger charge is -2.36. The minimum atomic E-state index is -0.114. The molecule has 3 aromatic rings. The highest BCUT2D eigenvalue weighted by Gasteiger charge is 2.35. The van der Waals surface area contributed by atoms with Gasteiger partial charge in [-0.25, -0.2) is 4.79 Å². The monoisotopic (exact) mass is 349 g/mol. The maximum Gasteiger partial charge on any atom is 0.321 e. The Kier molecular flexibility index (Phi) is 4.12. The summed E-state index contributed by atoms with van der Waals surface area (Å²) in [6, 6.07) is 9.48. The van der Waals surface area contributed by atoms with Gasteiger partial charge in [-0.3, -0.25) is 4.98 Å². The second-order valence-corrected chi connectivity index (χ2v) is 6.53. The first-order chi connectivity index (χ1) is 12.6. The minimum absolute atomic E-state index is 0.0680. The average Bonchev–Trinajstić information content (AvgIpc) is 3.07. The number of hydrogen-bond acceptors (Lipinski definition) is 5. The highest BCUT2D eigenvalue weighted by Crippen LogP contribution is 2.28. The van der Waals surface area contributed by atoms with E-state index in [4.69, 9.17) is 4.52 Å². The third-order valence-corrected chi connectivity index (χ3v) is 4.64. The van der Waals surface area contributed by atoms with Crippen LogP contribution in [0.25, 0.3) is 11.4 Å². The lowest BCUT2D eigenvalue weighted by Crippen LogP contribution is -2.50. The van der Waals surface area contributed by atoms with Crippen LogP contribution < -0.4 is 5.32 Å². The van der Waals surface area contributed by atoms with Crippen molar-refractivity contribution in [2.75, 3.05) is 18.4 Å². The van der Waals surface area contributed by atoms with E-state index in [0.29, 0.717) is 24.8 Å².